The first-order valence-corrected chi connectivity index (χ1v) is 11.6. The van der Waals surface area contributed by atoms with E-state index in [4.69, 9.17) is 21.1 Å². The minimum Gasteiger partial charge on any atom is -0.493 e. The second-order valence-corrected chi connectivity index (χ2v) is 7.92. The van der Waals surface area contributed by atoms with Crippen molar-refractivity contribution in [2.24, 2.45) is 0 Å². The maximum atomic E-state index is 12.7. The summed E-state index contributed by atoms with van der Waals surface area (Å²) in [6, 6.07) is 10.4. The first-order valence-electron chi connectivity index (χ1n) is 9.86. The Morgan fingerprint density at radius 1 is 1.06 bits per heavy atom. The van der Waals surface area contributed by atoms with Crippen LogP contribution in [0.25, 0.3) is 0 Å². The van der Waals surface area contributed by atoms with E-state index >= 15 is 0 Å². The predicted octanol–water partition coefficient (Wildman–Crippen LogP) is 3.06. The molecule has 172 valence electrons. The molecule has 0 saturated carbocycles. The van der Waals surface area contributed by atoms with Crippen molar-refractivity contribution in [1.82, 2.24) is 16.2 Å². The molecule has 1 unspecified atom stereocenters. The Balaban J connectivity index is 2.04. The second-order valence-electron chi connectivity index (χ2n) is 6.53. The molecule has 0 fully saturated rings. The summed E-state index contributed by atoms with van der Waals surface area (Å²) in [5, 5.41) is 2.96. The van der Waals surface area contributed by atoms with Crippen molar-refractivity contribution in [3.63, 3.8) is 0 Å². The number of rotatable bonds is 10. The number of nitrogens with one attached hydrogen (secondary N) is 3. The third-order valence-corrected chi connectivity index (χ3v) is 5.35. The van der Waals surface area contributed by atoms with Crippen molar-refractivity contribution < 1.29 is 23.9 Å². The lowest BCUT2D eigenvalue weighted by molar-refractivity contribution is -0.123. The zero-order valence-electron chi connectivity index (χ0n) is 18.1. The van der Waals surface area contributed by atoms with E-state index in [0.717, 1.165) is 0 Å². The summed E-state index contributed by atoms with van der Waals surface area (Å²) in [5.41, 5.74) is 5.27. The van der Waals surface area contributed by atoms with E-state index in [1.54, 1.807) is 36.4 Å². The molecule has 0 bridgehead atoms. The molecular weight excluding hydrogens is 454 g/mol. The summed E-state index contributed by atoms with van der Waals surface area (Å²) in [7, 11) is 1.47. The van der Waals surface area contributed by atoms with Crippen LogP contribution in [0.3, 0.4) is 0 Å². The molecule has 32 heavy (non-hydrogen) atoms. The number of carbonyl (C=O) groups is 3. The highest BCUT2D eigenvalue weighted by Gasteiger charge is 2.23. The average Bonchev–Trinajstić information content (AvgIpc) is 2.80. The number of thioether (sulfide) groups is 1. The minimum absolute atomic E-state index is 0.265. The second kappa shape index (κ2) is 12.8. The number of hydrazine groups is 1. The van der Waals surface area contributed by atoms with Crippen LogP contribution in [0.15, 0.2) is 42.5 Å². The van der Waals surface area contributed by atoms with Crippen molar-refractivity contribution in [2.45, 2.75) is 19.4 Å². The van der Waals surface area contributed by atoms with Gasteiger partial charge in [0.1, 0.15) is 6.04 Å². The maximum Gasteiger partial charge on any atom is 0.269 e. The first kappa shape index (κ1) is 25.4. The number of methoxy groups -OCH3 is 1. The van der Waals surface area contributed by atoms with Crippen molar-refractivity contribution in [2.75, 3.05) is 25.7 Å². The Bertz CT molecular complexity index is 957. The lowest BCUT2D eigenvalue weighted by Gasteiger charge is -2.19. The molecule has 0 aliphatic rings. The van der Waals surface area contributed by atoms with E-state index in [9.17, 15) is 14.4 Å². The summed E-state index contributed by atoms with van der Waals surface area (Å²) in [6.07, 6.45) is 2.27. The van der Waals surface area contributed by atoms with E-state index in [-0.39, 0.29) is 16.1 Å². The molecule has 0 aliphatic carbocycles. The van der Waals surface area contributed by atoms with E-state index in [0.29, 0.717) is 30.3 Å². The third-order valence-electron chi connectivity index (χ3n) is 4.38. The SMILES string of the molecule is CCOc1ccc(C(=O)NNC(=O)C(CCSC)NC(=O)c2ccccc2Cl)cc1OC. The van der Waals surface area contributed by atoms with Crippen LogP contribution in [0.2, 0.25) is 5.02 Å². The van der Waals surface area contributed by atoms with Gasteiger partial charge in [0.2, 0.25) is 0 Å². The summed E-state index contributed by atoms with van der Waals surface area (Å²) < 4.78 is 10.7. The number of halogens is 1. The quantitative estimate of drug-likeness (QED) is 0.452. The topological polar surface area (TPSA) is 106 Å². The van der Waals surface area contributed by atoms with Gasteiger partial charge in [-0.25, -0.2) is 0 Å². The van der Waals surface area contributed by atoms with Crippen LogP contribution in [0.5, 0.6) is 11.5 Å². The van der Waals surface area contributed by atoms with Gasteiger partial charge in [0.05, 0.1) is 24.3 Å². The molecule has 2 aromatic carbocycles. The lowest BCUT2D eigenvalue weighted by atomic mass is 10.1. The number of amides is 3. The summed E-state index contributed by atoms with van der Waals surface area (Å²) in [5.74, 6) is -0.0261. The molecule has 10 heteroatoms. The fraction of sp³-hybridized carbons (Fsp3) is 0.318. The average molecular weight is 480 g/mol. The van der Waals surface area contributed by atoms with Gasteiger partial charge in [-0.1, -0.05) is 23.7 Å². The fourth-order valence-corrected chi connectivity index (χ4v) is 3.44. The van der Waals surface area contributed by atoms with Gasteiger partial charge in [0.15, 0.2) is 11.5 Å². The molecule has 2 aromatic rings. The number of ether oxygens (including phenoxy) is 2. The molecule has 0 aromatic heterocycles. The molecule has 0 spiro atoms. The predicted molar refractivity (Wildman–Crippen MR) is 125 cm³/mol. The highest BCUT2D eigenvalue weighted by Crippen LogP contribution is 2.27. The molecule has 3 amide bonds. The summed E-state index contributed by atoms with van der Waals surface area (Å²) in [6.45, 7) is 2.29. The number of hydrogen-bond acceptors (Lipinski definition) is 6. The van der Waals surface area contributed by atoms with E-state index in [1.165, 1.54) is 24.9 Å². The Labute approximate surface area is 196 Å². The van der Waals surface area contributed by atoms with Crippen LogP contribution in [-0.4, -0.2) is 49.5 Å². The number of carbonyl (C=O) groups excluding carboxylic acids is 3. The Hall–Kier alpha value is -2.91. The maximum absolute atomic E-state index is 12.7. The first-order chi connectivity index (χ1) is 15.4. The van der Waals surface area contributed by atoms with Crippen molar-refractivity contribution in [3.05, 3.63) is 58.6 Å². The Kier molecular flexibility index (Phi) is 10.2. The normalized spacial score (nSPS) is 11.2. The molecule has 2 rings (SSSR count). The summed E-state index contributed by atoms with van der Waals surface area (Å²) >= 11 is 7.60. The molecule has 1 atom stereocenters. The molecule has 0 radical (unpaired) electrons. The van der Waals surface area contributed by atoms with Gasteiger partial charge in [0.25, 0.3) is 17.7 Å². The van der Waals surface area contributed by atoms with Gasteiger partial charge in [-0.2, -0.15) is 11.8 Å². The van der Waals surface area contributed by atoms with Gasteiger partial charge in [-0.15, -0.1) is 0 Å². The van der Waals surface area contributed by atoms with Gasteiger partial charge < -0.3 is 14.8 Å². The van der Waals surface area contributed by atoms with Crippen molar-refractivity contribution in [3.8, 4) is 11.5 Å². The Morgan fingerprint density at radius 2 is 1.81 bits per heavy atom. The molecule has 3 N–H and O–H groups in total. The van der Waals surface area contributed by atoms with E-state index in [1.807, 2.05) is 13.2 Å². The minimum atomic E-state index is -0.860. The van der Waals surface area contributed by atoms with E-state index < -0.39 is 23.8 Å². The molecule has 0 aliphatic heterocycles. The smallest absolute Gasteiger partial charge is 0.269 e. The van der Waals surface area contributed by atoms with Crippen LogP contribution in [0, 0.1) is 0 Å². The van der Waals surface area contributed by atoms with Crippen LogP contribution >= 0.6 is 23.4 Å². The standard InChI is InChI=1S/C22H26ClN3O5S/c1-4-31-18-10-9-14(13-19(18)30-2)20(27)25-26-22(29)17(11-12-32-3)24-21(28)15-7-5-6-8-16(15)23/h5-10,13,17H,4,11-12H2,1-3H3,(H,24,28)(H,25,27)(H,26,29). The van der Waals surface area contributed by atoms with Crippen LogP contribution < -0.4 is 25.6 Å². The molecule has 0 saturated heterocycles. The largest absolute Gasteiger partial charge is 0.493 e. The fourth-order valence-electron chi connectivity index (χ4n) is 2.75. The third kappa shape index (κ3) is 7.06. The number of benzene rings is 2. The lowest BCUT2D eigenvalue weighted by Crippen LogP contribution is -2.52. The van der Waals surface area contributed by atoms with Crippen molar-refractivity contribution in [1.29, 1.82) is 0 Å². The van der Waals surface area contributed by atoms with Gasteiger partial charge >= 0.3 is 0 Å². The number of hydrogen-bond donors (Lipinski definition) is 3. The molecule has 8 nitrogen and oxygen atoms in total. The Morgan fingerprint density at radius 3 is 2.47 bits per heavy atom. The van der Waals surface area contributed by atoms with Crippen LogP contribution in [-0.2, 0) is 4.79 Å². The van der Waals surface area contributed by atoms with Crippen molar-refractivity contribution >= 4 is 41.1 Å². The van der Waals surface area contributed by atoms with Gasteiger partial charge in [-0.05, 0) is 55.7 Å². The molecular formula is C22H26ClN3O5S. The zero-order chi connectivity index (χ0) is 23.5. The zero-order valence-corrected chi connectivity index (χ0v) is 19.6. The summed E-state index contributed by atoms with van der Waals surface area (Å²) in [4.78, 5) is 37.7. The highest BCUT2D eigenvalue weighted by molar-refractivity contribution is 7.98. The highest BCUT2D eigenvalue weighted by atomic mass is 35.5. The van der Waals surface area contributed by atoms with Gasteiger partial charge in [0, 0.05) is 5.56 Å². The van der Waals surface area contributed by atoms with Crippen LogP contribution in [0.1, 0.15) is 34.1 Å². The van der Waals surface area contributed by atoms with E-state index in [2.05, 4.69) is 16.2 Å². The monoisotopic (exact) mass is 479 g/mol. The molecule has 0 heterocycles. The van der Waals surface area contributed by atoms with Crippen LogP contribution in [0.4, 0.5) is 0 Å². The van der Waals surface area contributed by atoms with Gasteiger partial charge in [-0.3, -0.25) is 25.2 Å².